The molecule has 1 aromatic rings. The first-order valence-corrected chi connectivity index (χ1v) is 8.14. The second-order valence-electron chi connectivity index (χ2n) is 6.18. The SMILES string of the molecule is CC(C)Oc1ccc(C(=O)CN2CCN(CCO)CC2)cc1N. The van der Waals surface area contributed by atoms with Crippen LogP contribution in [0.15, 0.2) is 18.2 Å². The number of nitrogen functional groups attached to an aromatic ring is 1. The number of hydrogen-bond acceptors (Lipinski definition) is 6. The molecule has 0 unspecified atom stereocenters. The molecule has 1 aliphatic rings. The third-order valence-electron chi connectivity index (χ3n) is 3.94. The number of nitrogens with two attached hydrogens (primary N) is 1. The minimum absolute atomic E-state index is 0.0501. The van der Waals surface area contributed by atoms with Crippen molar-refractivity contribution >= 4 is 11.5 Å². The normalized spacial score (nSPS) is 16.7. The summed E-state index contributed by atoms with van der Waals surface area (Å²) in [6, 6.07) is 5.24. The third-order valence-corrected chi connectivity index (χ3v) is 3.94. The fourth-order valence-electron chi connectivity index (χ4n) is 2.69. The van der Waals surface area contributed by atoms with Crippen LogP contribution in [0, 0.1) is 0 Å². The van der Waals surface area contributed by atoms with Gasteiger partial charge in [0.05, 0.1) is 24.9 Å². The van der Waals surface area contributed by atoms with Crippen LogP contribution in [0.3, 0.4) is 0 Å². The van der Waals surface area contributed by atoms with Crippen LogP contribution >= 0.6 is 0 Å². The predicted octanol–water partition coefficient (Wildman–Crippen LogP) is 0.849. The Labute approximate surface area is 137 Å². The van der Waals surface area contributed by atoms with Crippen molar-refractivity contribution in [3.63, 3.8) is 0 Å². The van der Waals surface area contributed by atoms with Gasteiger partial charge in [-0.1, -0.05) is 0 Å². The molecular formula is C17H27N3O3. The number of anilines is 1. The minimum Gasteiger partial charge on any atom is -0.489 e. The molecule has 1 aliphatic heterocycles. The molecule has 128 valence electrons. The van der Waals surface area contributed by atoms with Crippen molar-refractivity contribution in [2.75, 3.05) is 51.6 Å². The Kier molecular flexibility index (Phi) is 6.38. The van der Waals surface area contributed by atoms with E-state index in [0.29, 0.717) is 30.1 Å². The van der Waals surface area contributed by atoms with Crippen molar-refractivity contribution in [1.29, 1.82) is 0 Å². The number of carbonyl (C=O) groups excluding carboxylic acids is 1. The zero-order chi connectivity index (χ0) is 16.8. The van der Waals surface area contributed by atoms with Gasteiger partial charge in [0.25, 0.3) is 0 Å². The Hall–Kier alpha value is -1.63. The van der Waals surface area contributed by atoms with E-state index in [4.69, 9.17) is 15.6 Å². The molecule has 0 bridgehead atoms. The lowest BCUT2D eigenvalue weighted by molar-refractivity contribution is 0.0822. The molecule has 23 heavy (non-hydrogen) atoms. The highest BCUT2D eigenvalue weighted by Crippen LogP contribution is 2.24. The van der Waals surface area contributed by atoms with Gasteiger partial charge in [0, 0.05) is 38.3 Å². The largest absolute Gasteiger partial charge is 0.489 e. The fourth-order valence-corrected chi connectivity index (χ4v) is 2.69. The van der Waals surface area contributed by atoms with Crippen molar-refractivity contribution in [2.24, 2.45) is 0 Å². The zero-order valence-corrected chi connectivity index (χ0v) is 14.0. The van der Waals surface area contributed by atoms with Gasteiger partial charge in [0.15, 0.2) is 5.78 Å². The monoisotopic (exact) mass is 321 g/mol. The first kappa shape index (κ1) is 17.7. The van der Waals surface area contributed by atoms with E-state index in [0.717, 1.165) is 26.2 Å². The average Bonchev–Trinajstić information content (AvgIpc) is 2.51. The summed E-state index contributed by atoms with van der Waals surface area (Å²) in [5, 5.41) is 8.95. The molecule has 1 fully saturated rings. The number of piperazine rings is 1. The van der Waals surface area contributed by atoms with Crippen LogP contribution in [0.4, 0.5) is 5.69 Å². The maximum absolute atomic E-state index is 12.4. The minimum atomic E-state index is 0.0501. The number of ether oxygens (including phenoxy) is 1. The average molecular weight is 321 g/mol. The van der Waals surface area contributed by atoms with Crippen LogP contribution in [0.2, 0.25) is 0 Å². The molecule has 1 heterocycles. The van der Waals surface area contributed by atoms with E-state index < -0.39 is 0 Å². The third kappa shape index (κ3) is 5.20. The molecule has 2 rings (SSSR count). The molecule has 0 radical (unpaired) electrons. The summed E-state index contributed by atoms with van der Waals surface area (Å²) in [5.41, 5.74) is 7.09. The molecule has 0 aliphatic carbocycles. The maximum Gasteiger partial charge on any atom is 0.176 e. The highest BCUT2D eigenvalue weighted by atomic mass is 16.5. The summed E-state index contributed by atoms with van der Waals surface area (Å²) in [6.07, 6.45) is 0.0501. The summed E-state index contributed by atoms with van der Waals surface area (Å²) in [7, 11) is 0. The fraction of sp³-hybridized carbons (Fsp3) is 0.588. The van der Waals surface area contributed by atoms with Gasteiger partial charge in [-0.3, -0.25) is 14.6 Å². The maximum atomic E-state index is 12.4. The van der Waals surface area contributed by atoms with Crippen molar-refractivity contribution in [2.45, 2.75) is 20.0 Å². The standard InChI is InChI=1S/C17H27N3O3/c1-13(2)23-17-4-3-14(11-15(17)18)16(22)12-20-7-5-19(6-8-20)9-10-21/h3-4,11,13,21H,5-10,12,18H2,1-2H3. The second-order valence-corrected chi connectivity index (χ2v) is 6.18. The van der Waals surface area contributed by atoms with Gasteiger partial charge in [-0.25, -0.2) is 0 Å². The Morgan fingerprint density at radius 3 is 2.48 bits per heavy atom. The van der Waals surface area contributed by atoms with Gasteiger partial charge >= 0.3 is 0 Å². The molecule has 3 N–H and O–H groups in total. The smallest absolute Gasteiger partial charge is 0.176 e. The molecule has 0 atom stereocenters. The zero-order valence-electron chi connectivity index (χ0n) is 14.0. The summed E-state index contributed by atoms with van der Waals surface area (Å²) < 4.78 is 5.59. The lowest BCUT2D eigenvalue weighted by Crippen LogP contribution is -2.48. The molecule has 6 nitrogen and oxygen atoms in total. The molecule has 0 saturated carbocycles. The van der Waals surface area contributed by atoms with Gasteiger partial charge in [-0.2, -0.15) is 0 Å². The number of aliphatic hydroxyl groups excluding tert-OH is 1. The number of ketones is 1. The Morgan fingerprint density at radius 1 is 1.26 bits per heavy atom. The van der Waals surface area contributed by atoms with Gasteiger partial charge in [-0.15, -0.1) is 0 Å². The lowest BCUT2D eigenvalue weighted by atomic mass is 10.1. The van der Waals surface area contributed by atoms with Crippen LogP contribution in [-0.4, -0.2) is 72.7 Å². The lowest BCUT2D eigenvalue weighted by Gasteiger charge is -2.33. The molecule has 0 aromatic heterocycles. The van der Waals surface area contributed by atoms with Crippen LogP contribution in [-0.2, 0) is 0 Å². The molecular weight excluding hydrogens is 294 g/mol. The Bertz CT molecular complexity index is 526. The quantitative estimate of drug-likeness (QED) is 0.572. The number of β-amino-alcohol motifs (C(OH)–C–C–N with tert-alkyl or cyclic N) is 1. The highest BCUT2D eigenvalue weighted by Gasteiger charge is 2.19. The van der Waals surface area contributed by atoms with Crippen molar-refractivity contribution in [3.8, 4) is 5.75 Å². The van der Waals surface area contributed by atoms with Gasteiger partial charge in [0.1, 0.15) is 5.75 Å². The van der Waals surface area contributed by atoms with E-state index in [-0.39, 0.29) is 18.5 Å². The van der Waals surface area contributed by atoms with Crippen molar-refractivity contribution < 1.29 is 14.6 Å². The Morgan fingerprint density at radius 2 is 1.91 bits per heavy atom. The number of rotatable bonds is 7. The van der Waals surface area contributed by atoms with Crippen LogP contribution in [0.25, 0.3) is 0 Å². The summed E-state index contributed by atoms with van der Waals surface area (Å²) in [5.74, 6) is 0.692. The number of Topliss-reactive ketones (excluding diaryl/α,β-unsaturated/α-hetero) is 1. The van der Waals surface area contributed by atoms with Crippen molar-refractivity contribution in [3.05, 3.63) is 23.8 Å². The first-order valence-electron chi connectivity index (χ1n) is 8.14. The van der Waals surface area contributed by atoms with Gasteiger partial charge in [-0.05, 0) is 32.0 Å². The van der Waals surface area contributed by atoms with Crippen molar-refractivity contribution in [1.82, 2.24) is 9.80 Å². The Balaban J connectivity index is 1.90. The van der Waals surface area contributed by atoms with E-state index in [9.17, 15) is 4.79 Å². The molecule has 1 aromatic carbocycles. The molecule has 1 saturated heterocycles. The first-order chi connectivity index (χ1) is 11.0. The number of benzene rings is 1. The second kappa shape index (κ2) is 8.29. The number of carbonyl (C=O) groups is 1. The van der Waals surface area contributed by atoms with E-state index in [1.54, 1.807) is 18.2 Å². The van der Waals surface area contributed by atoms with E-state index >= 15 is 0 Å². The summed E-state index contributed by atoms with van der Waals surface area (Å²) >= 11 is 0. The van der Waals surface area contributed by atoms with Crippen LogP contribution in [0.5, 0.6) is 5.75 Å². The number of hydrogen-bond donors (Lipinski definition) is 2. The van der Waals surface area contributed by atoms with Gasteiger partial charge in [0.2, 0.25) is 0 Å². The topological polar surface area (TPSA) is 79.0 Å². The number of nitrogens with zero attached hydrogens (tertiary/aromatic N) is 2. The van der Waals surface area contributed by atoms with Crippen LogP contribution < -0.4 is 10.5 Å². The van der Waals surface area contributed by atoms with E-state index in [2.05, 4.69) is 9.80 Å². The highest BCUT2D eigenvalue weighted by molar-refractivity contribution is 5.98. The van der Waals surface area contributed by atoms with Gasteiger partial charge < -0.3 is 15.6 Å². The summed E-state index contributed by atoms with van der Waals surface area (Å²) in [6.45, 7) is 8.62. The molecule has 0 amide bonds. The van der Waals surface area contributed by atoms with E-state index in [1.807, 2.05) is 13.8 Å². The summed E-state index contributed by atoms with van der Waals surface area (Å²) in [4.78, 5) is 16.8. The molecule has 6 heteroatoms. The molecule has 0 spiro atoms. The van der Waals surface area contributed by atoms with E-state index in [1.165, 1.54) is 0 Å². The number of aliphatic hydroxyl groups is 1. The van der Waals surface area contributed by atoms with Crippen LogP contribution in [0.1, 0.15) is 24.2 Å². The predicted molar refractivity (Wildman–Crippen MR) is 90.9 cm³/mol.